The van der Waals surface area contributed by atoms with Gasteiger partial charge in [-0.3, -0.25) is 0 Å². The predicted molar refractivity (Wildman–Crippen MR) is 62.6 cm³/mol. The lowest BCUT2D eigenvalue weighted by molar-refractivity contribution is 0.0541. The van der Waals surface area contributed by atoms with E-state index in [2.05, 4.69) is 10.3 Å². The number of ether oxygens (including phenoxy) is 1. The van der Waals surface area contributed by atoms with Gasteiger partial charge in [-0.05, 0) is 24.6 Å². The van der Waals surface area contributed by atoms with Crippen molar-refractivity contribution in [1.29, 1.82) is 0 Å². The Bertz CT molecular complexity index is 286. The van der Waals surface area contributed by atoms with Crippen LogP contribution in [-0.2, 0) is 11.3 Å². The van der Waals surface area contributed by atoms with Gasteiger partial charge in [-0.2, -0.15) is 0 Å². The molecule has 0 bridgehead atoms. The van der Waals surface area contributed by atoms with Crippen LogP contribution >= 0.6 is 24.0 Å². The molecule has 2 heterocycles. The summed E-state index contributed by atoms with van der Waals surface area (Å²) >= 11 is 5.68. The molecule has 1 aliphatic rings. The van der Waals surface area contributed by atoms with Crippen LogP contribution in [0.5, 0.6) is 0 Å². The van der Waals surface area contributed by atoms with Crippen molar-refractivity contribution >= 4 is 24.0 Å². The number of halogens is 2. The van der Waals surface area contributed by atoms with Gasteiger partial charge >= 0.3 is 0 Å². The minimum absolute atomic E-state index is 0. The van der Waals surface area contributed by atoms with Crippen LogP contribution in [0.3, 0.4) is 0 Å². The zero-order chi connectivity index (χ0) is 9.80. The van der Waals surface area contributed by atoms with E-state index in [9.17, 15) is 0 Å². The van der Waals surface area contributed by atoms with E-state index in [1.165, 1.54) is 0 Å². The summed E-state index contributed by atoms with van der Waals surface area (Å²) in [6.07, 6.45) is 3.21. The van der Waals surface area contributed by atoms with E-state index in [-0.39, 0.29) is 12.4 Å². The van der Waals surface area contributed by atoms with Crippen LogP contribution in [0.4, 0.5) is 0 Å². The van der Waals surface area contributed by atoms with E-state index in [1.807, 2.05) is 6.07 Å². The van der Waals surface area contributed by atoms with Gasteiger partial charge in [-0.1, -0.05) is 17.7 Å². The van der Waals surface area contributed by atoms with Gasteiger partial charge in [0, 0.05) is 12.7 Å². The van der Waals surface area contributed by atoms with Crippen LogP contribution in [0.2, 0.25) is 5.15 Å². The maximum atomic E-state index is 5.68. The first-order valence-corrected chi connectivity index (χ1v) is 5.15. The van der Waals surface area contributed by atoms with E-state index in [0.717, 1.165) is 25.1 Å². The fourth-order valence-electron chi connectivity index (χ4n) is 1.48. The predicted octanol–water partition coefficient (Wildman–Crippen LogP) is 2.04. The normalized spacial score (nSPS) is 19.9. The first kappa shape index (κ1) is 12.7. The van der Waals surface area contributed by atoms with E-state index in [4.69, 9.17) is 16.3 Å². The van der Waals surface area contributed by atoms with E-state index in [0.29, 0.717) is 17.9 Å². The van der Waals surface area contributed by atoms with E-state index >= 15 is 0 Å². The standard InChI is InChI=1S/C10H13ClN2O.ClH/c11-10-2-1-8(5-13-10)7-14-9-3-4-12-6-9;/h1-2,5,9,12H,3-4,6-7H2;1H. The van der Waals surface area contributed by atoms with Gasteiger partial charge in [-0.15, -0.1) is 12.4 Å². The highest BCUT2D eigenvalue weighted by Gasteiger charge is 2.14. The Morgan fingerprint density at radius 3 is 3.00 bits per heavy atom. The van der Waals surface area contributed by atoms with Crippen molar-refractivity contribution in [3.8, 4) is 0 Å². The summed E-state index contributed by atoms with van der Waals surface area (Å²) in [5.41, 5.74) is 1.07. The van der Waals surface area contributed by atoms with Crippen LogP contribution in [0.15, 0.2) is 18.3 Å². The second kappa shape index (κ2) is 6.28. The number of rotatable bonds is 3. The summed E-state index contributed by atoms with van der Waals surface area (Å²) in [6.45, 7) is 2.64. The fourth-order valence-corrected chi connectivity index (χ4v) is 1.59. The number of pyridine rings is 1. The number of hydrogen-bond acceptors (Lipinski definition) is 3. The lowest BCUT2D eigenvalue weighted by atomic mass is 10.3. The summed E-state index contributed by atoms with van der Waals surface area (Å²) < 4.78 is 5.68. The highest BCUT2D eigenvalue weighted by molar-refractivity contribution is 6.29. The first-order chi connectivity index (χ1) is 6.84. The lowest BCUT2D eigenvalue weighted by Gasteiger charge is -2.09. The Morgan fingerprint density at radius 2 is 2.40 bits per heavy atom. The van der Waals surface area contributed by atoms with Crippen LogP contribution in [-0.4, -0.2) is 24.2 Å². The van der Waals surface area contributed by atoms with Gasteiger partial charge in [0.1, 0.15) is 5.15 Å². The second-order valence-corrected chi connectivity index (χ2v) is 3.80. The Morgan fingerprint density at radius 1 is 1.53 bits per heavy atom. The highest BCUT2D eigenvalue weighted by atomic mass is 35.5. The zero-order valence-electron chi connectivity index (χ0n) is 8.28. The van der Waals surface area contributed by atoms with Crippen LogP contribution in [0.25, 0.3) is 0 Å². The van der Waals surface area contributed by atoms with E-state index < -0.39 is 0 Å². The summed E-state index contributed by atoms with van der Waals surface area (Å²) in [6, 6.07) is 3.73. The summed E-state index contributed by atoms with van der Waals surface area (Å²) in [5.74, 6) is 0. The van der Waals surface area contributed by atoms with Crippen LogP contribution in [0, 0.1) is 0 Å². The molecule has 1 saturated heterocycles. The molecule has 15 heavy (non-hydrogen) atoms. The first-order valence-electron chi connectivity index (χ1n) is 4.77. The molecule has 1 aromatic heterocycles. The van der Waals surface area contributed by atoms with Crippen molar-refractivity contribution in [3.05, 3.63) is 29.0 Å². The number of aromatic nitrogens is 1. The maximum absolute atomic E-state index is 5.68. The Balaban J connectivity index is 0.00000112. The topological polar surface area (TPSA) is 34.1 Å². The minimum Gasteiger partial charge on any atom is -0.372 e. The number of nitrogens with one attached hydrogen (secondary N) is 1. The third-order valence-electron chi connectivity index (χ3n) is 2.29. The van der Waals surface area contributed by atoms with Crippen molar-refractivity contribution in [2.75, 3.05) is 13.1 Å². The Hall–Kier alpha value is -0.350. The molecule has 1 atom stereocenters. The summed E-state index contributed by atoms with van der Waals surface area (Å²) in [5, 5.41) is 3.78. The molecule has 1 unspecified atom stereocenters. The number of nitrogens with zero attached hydrogens (tertiary/aromatic N) is 1. The van der Waals surface area contributed by atoms with Crippen molar-refractivity contribution in [1.82, 2.24) is 10.3 Å². The molecule has 84 valence electrons. The van der Waals surface area contributed by atoms with Crippen molar-refractivity contribution < 1.29 is 4.74 Å². The molecule has 1 fully saturated rings. The minimum atomic E-state index is 0. The molecule has 0 saturated carbocycles. The number of hydrogen-bond donors (Lipinski definition) is 1. The smallest absolute Gasteiger partial charge is 0.129 e. The van der Waals surface area contributed by atoms with Crippen molar-refractivity contribution in [2.24, 2.45) is 0 Å². The average molecular weight is 249 g/mol. The third-order valence-corrected chi connectivity index (χ3v) is 2.51. The molecule has 1 aliphatic heterocycles. The van der Waals surface area contributed by atoms with Crippen molar-refractivity contribution in [2.45, 2.75) is 19.1 Å². The largest absolute Gasteiger partial charge is 0.372 e. The Kier molecular flexibility index (Phi) is 5.32. The van der Waals surface area contributed by atoms with E-state index in [1.54, 1.807) is 12.3 Å². The molecule has 0 aliphatic carbocycles. The van der Waals surface area contributed by atoms with Crippen molar-refractivity contribution in [3.63, 3.8) is 0 Å². The molecule has 0 aromatic carbocycles. The summed E-state index contributed by atoms with van der Waals surface area (Å²) in [7, 11) is 0. The Labute approximate surface area is 101 Å². The SMILES string of the molecule is Cl.Clc1ccc(COC2CCNC2)cn1. The van der Waals surface area contributed by atoms with Crippen LogP contribution < -0.4 is 5.32 Å². The summed E-state index contributed by atoms with van der Waals surface area (Å²) in [4.78, 5) is 3.99. The third kappa shape index (κ3) is 3.95. The molecule has 0 amide bonds. The maximum Gasteiger partial charge on any atom is 0.129 e. The quantitative estimate of drug-likeness (QED) is 0.832. The zero-order valence-corrected chi connectivity index (χ0v) is 9.85. The van der Waals surface area contributed by atoms with Crippen LogP contribution in [0.1, 0.15) is 12.0 Å². The molecule has 1 N–H and O–H groups in total. The molecule has 5 heteroatoms. The highest BCUT2D eigenvalue weighted by Crippen LogP contribution is 2.09. The molecule has 2 rings (SSSR count). The molecule has 0 radical (unpaired) electrons. The van der Waals surface area contributed by atoms with Gasteiger partial charge in [-0.25, -0.2) is 4.98 Å². The van der Waals surface area contributed by atoms with Gasteiger partial charge in [0.2, 0.25) is 0 Å². The molecular formula is C10H14Cl2N2O. The van der Waals surface area contributed by atoms with Gasteiger partial charge < -0.3 is 10.1 Å². The van der Waals surface area contributed by atoms with Gasteiger partial charge in [0.25, 0.3) is 0 Å². The lowest BCUT2D eigenvalue weighted by Crippen LogP contribution is -2.16. The average Bonchev–Trinajstić information content (AvgIpc) is 2.70. The second-order valence-electron chi connectivity index (χ2n) is 3.41. The molecule has 1 aromatic rings. The van der Waals surface area contributed by atoms with Gasteiger partial charge in [0.15, 0.2) is 0 Å². The van der Waals surface area contributed by atoms with Gasteiger partial charge in [0.05, 0.1) is 12.7 Å². The fraction of sp³-hybridized carbons (Fsp3) is 0.500. The molecule has 0 spiro atoms. The molecule has 3 nitrogen and oxygen atoms in total. The molecular weight excluding hydrogens is 235 g/mol. The monoisotopic (exact) mass is 248 g/mol.